The Kier molecular flexibility index (Phi) is 2.42. The summed E-state index contributed by atoms with van der Waals surface area (Å²) in [7, 11) is 0. The van der Waals surface area contributed by atoms with Crippen molar-refractivity contribution in [2.75, 3.05) is 0 Å². The molecule has 0 saturated carbocycles. The van der Waals surface area contributed by atoms with E-state index in [2.05, 4.69) is 4.98 Å². The molecule has 3 nitrogen and oxygen atoms in total. The van der Waals surface area contributed by atoms with Gasteiger partial charge in [0.2, 0.25) is 0 Å². The third kappa shape index (κ3) is 1.90. The topological polar surface area (TPSA) is 62.7 Å². The first-order valence-electron chi connectivity index (χ1n) is 3.00. The third-order valence-corrected chi connectivity index (χ3v) is 1.47. The number of halogens is 1. The first-order chi connectivity index (χ1) is 5.24. The molecule has 1 heterocycles. The van der Waals surface area contributed by atoms with E-state index in [0.717, 1.165) is 0 Å². The van der Waals surface area contributed by atoms with E-state index in [1.165, 1.54) is 6.20 Å². The van der Waals surface area contributed by atoms with Crippen molar-refractivity contribution in [2.24, 2.45) is 5.73 Å². The predicted octanol–water partition coefficient (Wildman–Crippen LogP) is 1.26. The molecular formula is C7H6ClN3. The Hall–Kier alpha value is -1.11. The molecule has 0 aromatic carbocycles. The third-order valence-electron chi connectivity index (χ3n) is 1.25. The second kappa shape index (κ2) is 3.33. The summed E-state index contributed by atoms with van der Waals surface area (Å²) in [5.41, 5.74) is 6.08. The van der Waals surface area contributed by atoms with Crippen LogP contribution >= 0.6 is 11.6 Å². The molecular weight excluding hydrogens is 162 g/mol. The van der Waals surface area contributed by atoms with Crippen molar-refractivity contribution in [3.8, 4) is 6.07 Å². The molecule has 56 valence electrons. The lowest BCUT2D eigenvalue weighted by Gasteiger charge is -2.00. The molecule has 0 spiro atoms. The molecule has 0 saturated heterocycles. The number of hydrogen-bond acceptors (Lipinski definition) is 3. The summed E-state index contributed by atoms with van der Waals surface area (Å²) >= 11 is 5.52. The first-order valence-corrected chi connectivity index (χ1v) is 3.38. The van der Waals surface area contributed by atoms with E-state index >= 15 is 0 Å². The van der Waals surface area contributed by atoms with Crippen molar-refractivity contribution in [1.29, 1.82) is 5.26 Å². The van der Waals surface area contributed by atoms with Gasteiger partial charge >= 0.3 is 0 Å². The van der Waals surface area contributed by atoms with E-state index in [1.54, 1.807) is 12.1 Å². The van der Waals surface area contributed by atoms with Gasteiger partial charge in [-0.1, -0.05) is 17.7 Å². The Morgan fingerprint density at radius 1 is 1.64 bits per heavy atom. The van der Waals surface area contributed by atoms with Crippen LogP contribution in [0, 0.1) is 11.3 Å². The number of rotatable bonds is 1. The molecule has 1 rings (SSSR count). The Bertz CT molecular complexity index is 275. The van der Waals surface area contributed by atoms with Crippen LogP contribution in [-0.2, 0) is 0 Å². The minimum atomic E-state index is -0.611. The van der Waals surface area contributed by atoms with Gasteiger partial charge in [-0.3, -0.25) is 0 Å². The zero-order valence-corrected chi connectivity index (χ0v) is 6.42. The van der Waals surface area contributed by atoms with E-state index in [4.69, 9.17) is 22.6 Å². The molecule has 0 unspecified atom stereocenters. The van der Waals surface area contributed by atoms with Gasteiger partial charge < -0.3 is 5.73 Å². The highest BCUT2D eigenvalue weighted by Gasteiger charge is 2.02. The van der Waals surface area contributed by atoms with Crippen LogP contribution in [0.25, 0.3) is 0 Å². The van der Waals surface area contributed by atoms with Crippen molar-refractivity contribution < 1.29 is 0 Å². The lowest BCUT2D eigenvalue weighted by Crippen LogP contribution is -2.06. The van der Waals surface area contributed by atoms with Gasteiger partial charge in [-0.05, 0) is 6.07 Å². The molecule has 0 aliphatic rings. The second-order valence-corrected chi connectivity index (χ2v) is 2.41. The van der Waals surface area contributed by atoms with Crippen LogP contribution in [0.3, 0.4) is 0 Å². The molecule has 0 amide bonds. The average Bonchev–Trinajstić information content (AvgIpc) is 2.05. The number of nitrogens with zero attached hydrogens (tertiary/aromatic N) is 2. The Morgan fingerprint density at radius 2 is 2.36 bits per heavy atom. The fourth-order valence-electron chi connectivity index (χ4n) is 0.646. The lowest BCUT2D eigenvalue weighted by atomic mass is 10.1. The highest BCUT2D eigenvalue weighted by molar-refractivity contribution is 6.29. The van der Waals surface area contributed by atoms with Crippen molar-refractivity contribution >= 4 is 11.6 Å². The highest BCUT2D eigenvalue weighted by Crippen LogP contribution is 2.10. The van der Waals surface area contributed by atoms with E-state index in [1.807, 2.05) is 6.07 Å². The first kappa shape index (κ1) is 7.99. The van der Waals surface area contributed by atoms with Crippen LogP contribution in [0.15, 0.2) is 18.3 Å². The summed E-state index contributed by atoms with van der Waals surface area (Å²) in [5.74, 6) is 0. The minimum absolute atomic E-state index is 0.402. The van der Waals surface area contributed by atoms with Gasteiger partial charge in [-0.2, -0.15) is 5.26 Å². The number of aromatic nitrogens is 1. The van der Waals surface area contributed by atoms with E-state index < -0.39 is 6.04 Å². The number of pyridine rings is 1. The molecule has 0 bridgehead atoms. The Morgan fingerprint density at radius 3 is 2.82 bits per heavy atom. The number of hydrogen-bond donors (Lipinski definition) is 1. The smallest absolute Gasteiger partial charge is 0.129 e. The molecule has 1 aromatic heterocycles. The second-order valence-electron chi connectivity index (χ2n) is 2.02. The molecule has 4 heteroatoms. The largest absolute Gasteiger partial charge is 0.312 e. The van der Waals surface area contributed by atoms with Crippen molar-refractivity contribution in [3.05, 3.63) is 29.0 Å². The SMILES string of the molecule is N#C[C@@H](N)c1ccc(Cl)nc1. The van der Waals surface area contributed by atoms with Crippen LogP contribution in [0.4, 0.5) is 0 Å². The molecule has 1 atom stereocenters. The van der Waals surface area contributed by atoms with Gasteiger partial charge in [-0.25, -0.2) is 4.98 Å². The monoisotopic (exact) mass is 167 g/mol. The number of nitrogens with two attached hydrogens (primary N) is 1. The van der Waals surface area contributed by atoms with Crippen molar-refractivity contribution in [2.45, 2.75) is 6.04 Å². The quantitative estimate of drug-likeness (QED) is 0.641. The average molecular weight is 168 g/mol. The molecule has 1 aromatic rings. The van der Waals surface area contributed by atoms with E-state index in [9.17, 15) is 0 Å². The van der Waals surface area contributed by atoms with Crippen LogP contribution in [0.2, 0.25) is 5.15 Å². The van der Waals surface area contributed by atoms with E-state index in [-0.39, 0.29) is 0 Å². The maximum absolute atomic E-state index is 8.42. The number of nitriles is 1. The van der Waals surface area contributed by atoms with Gasteiger partial charge in [0.15, 0.2) is 0 Å². The lowest BCUT2D eigenvalue weighted by molar-refractivity contribution is 0.915. The van der Waals surface area contributed by atoms with Gasteiger partial charge in [0, 0.05) is 11.8 Å². The molecule has 11 heavy (non-hydrogen) atoms. The van der Waals surface area contributed by atoms with Crippen LogP contribution in [0.5, 0.6) is 0 Å². The predicted molar refractivity (Wildman–Crippen MR) is 41.8 cm³/mol. The van der Waals surface area contributed by atoms with E-state index in [0.29, 0.717) is 10.7 Å². The maximum atomic E-state index is 8.42. The minimum Gasteiger partial charge on any atom is -0.312 e. The van der Waals surface area contributed by atoms with Crippen molar-refractivity contribution in [1.82, 2.24) is 4.98 Å². The van der Waals surface area contributed by atoms with Gasteiger partial charge in [-0.15, -0.1) is 0 Å². The van der Waals surface area contributed by atoms with Crippen LogP contribution < -0.4 is 5.73 Å². The summed E-state index contributed by atoms with van der Waals surface area (Å²) in [4.78, 5) is 3.78. The van der Waals surface area contributed by atoms with Crippen molar-refractivity contribution in [3.63, 3.8) is 0 Å². The summed E-state index contributed by atoms with van der Waals surface area (Å²) in [5, 5.41) is 8.82. The molecule has 0 aliphatic carbocycles. The van der Waals surface area contributed by atoms with Gasteiger partial charge in [0.25, 0.3) is 0 Å². The summed E-state index contributed by atoms with van der Waals surface area (Å²) in [6.07, 6.45) is 1.50. The van der Waals surface area contributed by atoms with Crippen LogP contribution in [0.1, 0.15) is 11.6 Å². The summed E-state index contributed by atoms with van der Waals surface area (Å²) in [6, 6.07) is 4.57. The maximum Gasteiger partial charge on any atom is 0.129 e. The fraction of sp³-hybridized carbons (Fsp3) is 0.143. The standard InChI is InChI=1S/C7H6ClN3/c8-7-2-1-5(4-11-7)6(10)3-9/h1-2,4,6H,10H2/t6-/m1/s1. The zero-order valence-electron chi connectivity index (χ0n) is 5.66. The fourth-order valence-corrected chi connectivity index (χ4v) is 0.758. The van der Waals surface area contributed by atoms with Gasteiger partial charge in [0.05, 0.1) is 6.07 Å². The molecule has 2 N–H and O–H groups in total. The molecule has 0 fully saturated rings. The van der Waals surface area contributed by atoms with Crippen LogP contribution in [-0.4, -0.2) is 4.98 Å². The zero-order chi connectivity index (χ0) is 8.27. The van der Waals surface area contributed by atoms with Gasteiger partial charge in [0.1, 0.15) is 11.2 Å². The molecule has 0 aliphatic heterocycles. The highest BCUT2D eigenvalue weighted by atomic mass is 35.5. The Balaban J connectivity index is 2.92. The summed E-state index contributed by atoms with van der Waals surface area (Å²) in [6.45, 7) is 0. The normalized spacial score (nSPS) is 12.1. The summed E-state index contributed by atoms with van der Waals surface area (Å²) < 4.78 is 0. The Labute approximate surface area is 69.4 Å². The molecule has 0 radical (unpaired) electrons.